The minimum atomic E-state index is -0.437. The van der Waals surface area contributed by atoms with E-state index in [1.54, 1.807) is 18.3 Å². The molecule has 3 aromatic rings. The number of benzene rings is 3. The van der Waals surface area contributed by atoms with Crippen molar-refractivity contribution in [2.45, 2.75) is 6.61 Å². The minimum absolute atomic E-state index is 0.0443. The van der Waals surface area contributed by atoms with Crippen LogP contribution in [-0.4, -0.2) is 11.1 Å². The van der Waals surface area contributed by atoms with Gasteiger partial charge in [0.25, 0.3) is 5.69 Å². The molecule has 6 heteroatoms. The van der Waals surface area contributed by atoms with E-state index in [4.69, 9.17) is 4.74 Å². The minimum Gasteiger partial charge on any atom is -0.489 e. The van der Waals surface area contributed by atoms with Crippen molar-refractivity contribution < 1.29 is 9.66 Å². The van der Waals surface area contributed by atoms with Gasteiger partial charge in [-0.25, -0.2) is 0 Å². The summed E-state index contributed by atoms with van der Waals surface area (Å²) in [5.74, 6) is 0.758. The van der Waals surface area contributed by atoms with Crippen molar-refractivity contribution in [3.8, 4) is 5.75 Å². The first-order chi connectivity index (χ1) is 12.7. The molecule has 0 heterocycles. The topological polar surface area (TPSA) is 76.8 Å². The van der Waals surface area contributed by atoms with Gasteiger partial charge in [-0.15, -0.1) is 0 Å². The van der Waals surface area contributed by atoms with Crippen molar-refractivity contribution in [2.24, 2.45) is 5.10 Å². The second kappa shape index (κ2) is 8.43. The molecule has 0 spiro atoms. The Hall–Kier alpha value is -3.67. The molecule has 0 unspecified atom stereocenters. The van der Waals surface area contributed by atoms with Gasteiger partial charge in [-0.05, 0) is 35.4 Å². The van der Waals surface area contributed by atoms with Crippen molar-refractivity contribution in [2.75, 3.05) is 5.43 Å². The molecule has 0 aliphatic rings. The summed E-state index contributed by atoms with van der Waals surface area (Å²) in [7, 11) is 0. The van der Waals surface area contributed by atoms with E-state index in [9.17, 15) is 10.1 Å². The smallest absolute Gasteiger partial charge is 0.269 e. The molecule has 6 nitrogen and oxygen atoms in total. The van der Waals surface area contributed by atoms with E-state index in [1.165, 1.54) is 12.1 Å². The molecule has 0 bridgehead atoms. The highest BCUT2D eigenvalue weighted by Crippen LogP contribution is 2.16. The third-order valence-electron chi connectivity index (χ3n) is 3.59. The number of hydrogen-bond acceptors (Lipinski definition) is 5. The van der Waals surface area contributed by atoms with Crippen molar-refractivity contribution in [3.05, 3.63) is 100 Å². The summed E-state index contributed by atoms with van der Waals surface area (Å²) < 4.78 is 5.79. The van der Waals surface area contributed by atoms with Gasteiger partial charge >= 0.3 is 0 Å². The molecule has 26 heavy (non-hydrogen) atoms. The first-order valence-electron chi connectivity index (χ1n) is 8.01. The highest BCUT2D eigenvalue weighted by atomic mass is 16.6. The van der Waals surface area contributed by atoms with Gasteiger partial charge in [0, 0.05) is 12.1 Å². The second-order valence-electron chi connectivity index (χ2n) is 5.52. The third kappa shape index (κ3) is 4.91. The van der Waals surface area contributed by atoms with Crippen molar-refractivity contribution in [1.82, 2.24) is 0 Å². The molecular formula is C20H17N3O3. The first-order valence-corrected chi connectivity index (χ1v) is 8.01. The summed E-state index contributed by atoms with van der Waals surface area (Å²) in [6.45, 7) is 0.502. The highest BCUT2D eigenvalue weighted by Gasteiger charge is 2.03. The largest absolute Gasteiger partial charge is 0.489 e. The summed E-state index contributed by atoms with van der Waals surface area (Å²) in [4.78, 5) is 10.2. The van der Waals surface area contributed by atoms with Gasteiger partial charge in [-0.1, -0.05) is 42.5 Å². The molecule has 0 fully saturated rings. The predicted molar refractivity (Wildman–Crippen MR) is 102 cm³/mol. The number of ether oxygens (including phenoxy) is 1. The van der Waals surface area contributed by atoms with Crippen LogP contribution >= 0.6 is 0 Å². The number of hydrogen-bond donors (Lipinski definition) is 1. The van der Waals surface area contributed by atoms with E-state index in [-0.39, 0.29) is 5.69 Å². The van der Waals surface area contributed by atoms with E-state index >= 15 is 0 Å². The standard InChI is InChI=1S/C20H17N3O3/c24-23(25)19-11-9-18(10-12-19)22-21-14-17-7-4-8-20(13-17)26-15-16-5-2-1-3-6-16/h1-14,22H,15H2. The molecule has 1 N–H and O–H groups in total. The summed E-state index contributed by atoms with van der Waals surface area (Å²) in [5, 5.41) is 14.8. The molecule has 0 amide bonds. The number of nitrogens with zero attached hydrogens (tertiary/aromatic N) is 2. The monoisotopic (exact) mass is 347 g/mol. The lowest BCUT2D eigenvalue weighted by Gasteiger charge is -2.06. The first kappa shape index (κ1) is 17.2. The normalized spacial score (nSPS) is 10.6. The van der Waals surface area contributed by atoms with Crippen LogP contribution < -0.4 is 10.2 Å². The van der Waals surface area contributed by atoms with E-state index in [1.807, 2.05) is 54.6 Å². The van der Waals surface area contributed by atoms with E-state index in [0.717, 1.165) is 16.9 Å². The van der Waals surface area contributed by atoms with Gasteiger partial charge in [-0.2, -0.15) is 5.10 Å². The molecule has 0 saturated carbocycles. The molecule has 3 rings (SSSR count). The Balaban J connectivity index is 1.57. The Morgan fingerprint density at radius 2 is 1.77 bits per heavy atom. The Labute approximate surface area is 150 Å². The van der Waals surface area contributed by atoms with Crippen molar-refractivity contribution >= 4 is 17.6 Å². The van der Waals surface area contributed by atoms with Gasteiger partial charge in [0.15, 0.2) is 0 Å². The summed E-state index contributed by atoms with van der Waals surface area (Å²) in [6.07, 6.45) is 1.66. The average Bonchev–Trinajstić information content (AvgIpc) is 2.68. The summed E-state index contributed by atoms with van der Waals surface area (Å²) in [5.41, 5.74) is 5.54. The molecule has 0 aromatic heterocycles. The van der Waals surface area contributed by atoms with Crippen LogP contribution in [0.4, 0.5) is 11.4 Å². The molecule has 0 radical (unpaired) electrons. The number of nitro groups is 1. The lowest BCUT2D eigenvalue weighted by molar-refractivity contribution is -0.384. The summed E-state index contributed by atoms with van der Waals surface area (Å²) in [6, 6.07) is 23.6. The fourth-order valence-electron chi connectivity index (χ4n) is 2.26. The van der Waals surface area contributed by atoms with Gasteiger partial charge in [0.05, 0.1) is 16.8 Å². The number of nitro benzene ring substituents is 1. The molecule has 3 aromatic carbocycles. The molecule has 0 aliphatic heterocycles. The van der Waals surface area contributed by atoms with Gasteiger partial charge in [0.2, 0.25) is 0 Å². The quantitative estimate of drug-likeness (QED) is 0.384. The Bertz CT molecular complexity index is 894. The molecule has 0 aliphatic carbocycles. The van der Waals surface area contributed by atoms with Crippen LogP contribution in [0.15, 0.2) is 84.0 Å². The van der Waals surface area contributed by atoms with Crippen LogP contribution in [0.1, 0.15) is 11.1 Å². The zero-order valence-corrected chi connectivity index (χ0v) is 13.9. The number of hydrazone groups is 1. The van der Waals surface area contributed by atoms with Gasteiger partial charge in [-0.3, -0.25) is 15.5 Å². The maximum absolute atomic E-state index is 10.6. The molecule has 0 saturated heterocycles. The molecular weight excluding hydrogens is 330 g/mol. The average molecular weight is 347 g/mol. The van der Waals surface area contributed by atoms with E-state index < -0.39 is 4.92 Å². The zero-order valence-electron chi connectivity index (χ0n) is 13.9. The fourth-order valence-corrected chi connectivity index (χ4v) is 2.26. The van der Waals surface area contributed by atoms with Crippen LogP contribution in [0.3, 0.4) is 0 Å². The maximum Gasteiger partial charge on any atom is 0.269 e. The van der Waals surface area contributed by atoms with Crippen LogP contribution in [-0.2, 0) is 6.61 Å². The second-order valence-corrected chi connectivity index (χ2v) is 5.52. The van der Waals surface area contributed by atoms with Crippen LogP contribution in [0.25, 0.3) is 0 Å². The Morgan fingerprint density at radius 3 is 2.50 bits per heavy atom. The Kier molecular flexibility index (Phi) is 5.57. The number of anilines is 1. The van der Waals surface area contributed by atoms with Crippen LogP contribution in [0.5, 0.6) is 5.75 Å². The van der Waals surface area contributed by atoms with E-state index in [2.05, 4.69) is 10.5 Å². The van der Waals surface area contributed by atoms with E-state index in [0.29, 0.717) is 12.3 Å². The fraction of sp³-hybridized carbons (Fsp3) is 0.0500. The predicted octanol–water partition coefficient (Wildman–Crippen LogP) is 4.62. The highest BCUT2D eigenvalue weighted by molar-refractivity contribution is 5.80. The van der Waals surface area contributed by atoms with Crippen LogP contribution in [0, 0.1) is 10.1 Å². The lowest BCUT2D eigenvalue weighted by Crippen LogP contribution is -1.96. The summed E-state index contributed by atoms with van der Waals surface area (Å²) >= 11 is 0. The van der Waals surface area contributed by atoms with Gasteiger partial charge in [0.1, 0.15) is 12.4 Å². The van der Waals surface area contributed by atoms with Crippen LogP contribution in [0.2, 0.25) is 0 Å². The zero-order chi connectivity index (χ0) is 18.2. The van der Waals surface area contributed by atoms with Crippen molar-refractivity contribution in [1.29, 1.82) is 0 Å². The van der Waals surface area contributed by atoms with Gasteiger partial charge < -0.3 is 4.74 Å². The molecule has 130 valence electrons. The maximum atomic E-state index is 10.6. The number of non-ortho nitro benzene ring substituents is 1. The number of nitrogens with one attached hydrogen (secondary N) is 1. The van der Waals surface area contributed by atoms with Crippen molar-refractivity contribution in [3.63, 3.8) is 0 Å². The molecule has 0 atom stereocenters. The number of rotatable bonds is 7. The SMILES string of the molecule is O=[N+]([O-])c1ccc(NN=Cc2cccc(OCc3ccccc3)c2)cc1. The third-order valence-corrected chi connectivity index (χ3v) is 3.59. The lowest BCUT2D eigenvalue weighted by atomic mass is 10.2. The Morgan fingerprint density at radius 1 is 1.00 bits per heavy atom.